The zero-order chi connectivity index (χ0) is 12.4. The fraction of sp³-hybridized carbons (Fsp3) is 0.333. The van der Waals surface area contributed by atoms with Gasteiger partial charge in [-0.1, -0.05) is 0 Å². The maximum absolute atomic E-state index is 11.6. The van der Waals surface area contributed by atoms with Crippen LogP contribution in [0.2, 0.25) is 0 Å². The maximum atomic E-state index is 11.6. The number of hydrogen-bond donors (Lipinski definition) is 0. The summed E-state index contributed by atoms with van der Waals surface area (Å²) >= 11 is 0. The van der Waals surface area contributed by atoms with E-state index in [2.05, 4.69) is 4.98 Å². The summed E-state index contributed by atoms with van der Waals surface area (Å²) in [5, 5.41) is 0. The molecule has 2 rings (SSSR count). The Morgan fingerprint density at radius 3 is 2.82 bits per heavy atom. The highest BCUT2D eigenvalue weighted by Crippen LogP contribution is 2.29. The van der Waals surface area contributed by atoms with Crippen molar-refractivity contribution in [1.29, 1.82) is 0 Å². The minimum absolute atomic E-state index is 0.177. The van der Waals surface area contributed by atoms with E-state index in [1.54, 1.807) is 19.9 Å². The number of nitrogens with zero attached hydrogens (tertiary/aromatic N) is 1. The van der Waals surface area contributed by atoms with Crippen molar-refractivity contribution in [2.45, 2.75) is 20.8 Å². The topological polar surface area (TPSA) is 65.5 Å². The van der Waals surface area contributed by atoms with Crippen LogP contribution in [0, 0.1) is 13.8 Å². The van der Waals surface area contributed by atoms with Crippen LogP contribution >= 0.6 is 0 Å². The molecule has 0 fully saturated rings. The molecule has 90 valence electrons. The number of carbonyl (C=O) groups excluding carboxylic acids is 1. The third kappa shape index (κ3) is 2.08. The van der Waals surface area contributed by atoms with Crippen LogP contribution < -0.4 is 0 Å². The third-order valence-electron chi connectivity index (χ3n) is 2.32. The van der Waals surface area contributed by atoms with Crippen molar-refractivity contribution >= 4 is 5.97 Å². The molecule has 0 aliphatic carbocycles. The first-order chi connectivity index (χ1) is 8.13. The number of esters is 1. The van der Waals surface area contributed by atoms with Crippen molar-refractivity contribution in [1.82, 2.24) is 4.98 Å². The van der Waals surface area contributed by atoms with E-state index in [1.807, 2.05) is 6.92 Å². The molecule has 0 spiro atoms. The normalized spacial score (nSPS) is 10.5. The maximum Gasteiger partial charge on any atom is 0.360 e. The Hall–Kier alpha value is -2.04. The molecule has 5 heteroatoms. The van der Waals surface area contributed by atoms with Crippen LogP contribution in [-0.2, 0) is 4.74 Å². The molecule has 0 saturated carbocycles. The van der Waals surface area contributed by atoms with Crippen LogP contribution in [0.25, 0.3) is 11.3 Å². The second kappa shape index (κ2) is 4.45. The van der Waals surface area contributed by atoms with Gasteiger partial charge in [0.2, 0.25) is 0 Å². The van der Waals surface area contributed by atoms with Gasteiger partial charge in [-0.2, -0.15) is 0 Å². The van der Waals surface area contributed by atoms with Gasteiger partial charge in [-0.25, -0.2) is 9.78 Å². The Bertz CT molecular complexity index is 538. The SMILES string of the molecule is CCOC(=O)c1ncoc1-c1cc(C)oc1C. The van der Waals surface area contributed by atoms with Crippen molar-refractivity contribution < 1.29 is 18.4 Å². The zero-order valence-electron chi connectivity index (χ0n) is 9.94. The molecule has 0 aromatic carbocycles. The van der Waals surface area contributed by atoms with E-state index < -0.39 is 5.97 Å². The highest BCUT2D eigenvalue weighted by molar-refractivity contribution is 5.93. The van der Waals surface area contributed by atoms with E-state index in [-0.39, 0.29) is 5.69 Å². The number of oxazole rings is 1. The van der Waals surface area contributed by atoms with Crippen LogP contribution in [0.4, 0.5) is 0 Å². The minimum Gasteiger partial charge on any atom is -0.466 e. The lowest BCUT2D eigenvalue weighted by Gasteiger charge is -1.99. The first-order valence-corrected chi connectivity index (χ1v) is 5.31. The molecule has 0 N–H and O–H groups in total. The molecule has 0 aliphatic heterocycles. The van der Waals surface area contributed by atoms with Crippen LogP contribution in [0.5, 0.6) is 0 Å². The highest BCUT2D eigenvalue weighted by atomic mass is 16.5. The summed E-state index contributed by atoms with van der Waals surface area (Å²) in [6, 6.07) is 1.80. The Morgan fingerprint density at radius 1 is 1.47 bits per heavy atom. The van der Waals surface area contributed by atoms with Crippen molar-refractivity contribution in [3.05, 3.63) is 29.7 Å². The Balaban J connectivity index is 2.43. The van der Waals surface area contributed by atoms with Gasteiger partial charge in [-0.15, -0.1) is 0 Å². The van der Waals surface area contributed by atoms with E-state index >= 15 is 0 Å². The summed E-state index contributed by atoms with van der Waals surface area (Å²) in [7, 11) is 0. The molecule has 0 radical (unpaired) electrons. The molecule has 0 amide bonds. The average Bonchev–Trinajstić information content (AvgIpc) is 2.84. The summed E-state index contributed by atoms with van der Waals surface area (Å²) in [5.41, 5.74) is 0.902. The lowest BCUT2D eigenvalue weighted by atomic mass is 10.1. The molecule has 0 aliphatic rings. The largest absolute Gasteiger partial charge is 0.466 e. The van der Waals surface area contributed by atoms with Crippen LogP contribution in [-0.4, -0.2) is 17.6 Å². The quantitative estimate of drug-likeness (QED) is 0.765. The van der Waals surface area contributed by atoms with Gasteiger partial charge in [0.05, 0.1) is 12.2 Å². The Morgan fingerprint density at radius 2 is 2.24 bits per heavy atom. The number of furan rings is 1. The number of hydrogen-bond acceptors (Lipinski definition) is 5. The Kier molecular flexibility index (Phi) is 2.99. The Labute approximate surface area is 98.4 Å². The first kappa shape index (κ1) is 11.4. The summed E-state index contributed by atoms with van der Waals surface area (Å²) in [6.45, 7) is 5.68. The fourth-order valence-corrected chi connectivity index (χ4v) is 1.64. The number of aryl methyl sites for hydroxylation is 2. The predicted octanol–water partition coefficient (Wildman–Crippen LogP) is 2.73. The molecular formula is C12H13NO4. The van der Waals surface area contributed by atoms with Crippen molar-refractivity contribution in [3.8, 4) is 11.3 Å². The van der Waals surface area contributed by atoms with Crippen molar-refractivity contribution in [3.63, 3.8) is 0 Å². The molecule has 2 heterocycles. The number of rotatable bonds is 3. The standard InChI is InChI=1S/C12H13NO4/c1-4-15-12(14)10-11(16-6-13-10)9-5-7(2)17-8(9)3/h5-6H,4H2,1-3H3. The molecule has 17 heavy (non-hydrogen) atoms. The van der Waals surface area contributed by atoms with Gasteiger partial charge in [0.15, 0.2) is 17.8 Å². The number of aromatic nitrogens is 1. The van der Waals surface area contributed by atoms with Gasteiger partial charge in [0, 0.05) is 0 Å². The molecule has 0 bridgehead atoms. The number of ether oxygens (including phenoxy) is 1. The van der Waals surface area contributed by atoms with Crippen LogP contribution in [0.1, 0.15) is 28.9 Å². The zero-order valence-corrected chi connectivity index (χ0v) is 9.94. The highest BCUT2D eigenvalue weighted by Gasteiger charge is 2.22. The molecule has 0 atom stereocenters. The molecule has 5 nitrogen and oxygen atoms in total. The lowest BCUT2D eigenvalue weighted by Crippen LogP contribution is -2.06. The van der Waals surface area contributed by atoms with Crippen molar-refractivity contribution in [2.75, 3.05) is 6.61 Å². The number of carbonyl (C=O) groups is 1. The monoisotopic (exact) mass is 235 g/mol. The predicted molar refractivity (Wildman–Crippen MR) is 59.6 cm³/mol. The molecule has 2 aromatic heterocycles. The molecule has 2 aromatic rings. The molecule has 0 unspecified atom stereocenters. The van der Waals surface area contributed by atoms with Crippen LogP contribution in [0.15, 0.2) is 21.3 Å². The fourth-order valence-electron chi connectivity index (χ4n) is 1.64. The summed E-state index contributed by atoms with van der Waals surface area (Å²) in [6.07, 6.45) is 1.23. The van der Waals surface area contributed by atoms with E-state index in [4.69, 9.17) is 13.6 Å². The van der Waals surface area contributed by atoms with Gasteiger partial charge >= 0.3 is 5.97 Å². The first-order valence-electron chi connectivity index (χ1n) is 5.31. The van der Waals surface area contributed by atoms with Crippen molar-refractivity contribution in [2.24, 2.45) is 0 Å². The second-order valence-electron chi connectivity index (χ2n) is 3.58. The van der Waals surface area contributed by atoms with Gasteiger partial charge in [-0.05, 0) is 26.8 Å². The average molecular weight is 235 g/mol. The van der Waals surface area contributed by atoms with E-state index in [0.29, 0.717) is 18.1 Å². The van der Waals surface area contributed by atoms with E-state index in [1.165, 1.54) is 6.39 Å². The van der Waals surface area contributed by atoms with Crippen LogP contribution in [0.3, 0.4) is 0 Å². The molecule has 0 saturated heterocycles. The van der Waals surface area contributed by atoms with Gasteiger partial charge < -0.3 is 13.6 Å². The summed E-state index contributed by atoms with van der Waals surface area (Å²) in [5.74, 6) is 1.33. The lowest BCUT2D eigenvalue weighted by molar-refractivity contribution is 0.0520. The third-order valence-corrected chi connectivity index (χ3v) is 2.32. The summed E-state index contributed by atoms with van der Waals surface area (Å²) < 4.78 is 15.5. The molecular weight excluding hydrogens is 222 g/mol. The smallest absolute Gasteiger partial charge is 0.360 e. The van der Waals surface area contributed by atoms with E-state index in [0.717, 1.165) is 11.3 Å². The van der Waals surface area contributed by atoms with Gasteiger partial charge in [0.25, 0.3) is 0 Å². The van der Waals surface area contributed by atoms with Gasteiger partial charge in [-0.3, -0.25) is 0 Å². The van der Waals surface area contributed by atoms with E-state index in [9.17, 15) is 4.79 Å². The van der Waals surface area contributed by atoms with Gasteiger partial charge in [0.1, 0.15) is 11.5 Å². The summed E-state index contributed by atoms with van der Waals surface area (Å²) in [4.78, 5) is 15.5. The second-order valence-corrected chi connectivity index (χ2v) is 3.58. The minimum atomic E-state index is -0.491.